The molecule has 11 heteroatoms. The molecule has 2 aromatic rings. The van der Waals surface area contributed by atoms with E-state index >= 15 is 0 Å². The monoisotopic (exact) mass is 578 g/mol. The molecular formula is C30H42O11. The van der Waals surface area contributed by atoms with Gasteiger partial charge in [-0.25, -0.2) is 0 Å². The molecule has 2 heterocycles. The summed E-state index contributed by atoms with van der Waals surface area (Å²) < 4.78 is 54.0. The van der Waals surface area contributed by atoms with Crippen LogP contribution in [0.5, 0.6) is 0 Å². The van der Waals surface area contributed by atoms with Gasteiger partial charge in [-0.3, -0.25) is 0 Å². The first-order valence-corrected chi connectivity index (χ1v) is 13.7. The molecule has 2 aliphatic heterocycles. The normalized spacial score (nSPS) is 34.0. The van der Waals surface area contributed by atoms with Gasteiger partial charge in [0.25, 0.3) is 0 Å². The highest BCUT2D eigenvalue weighted by Crippen LogP contribution is 2.33. The lowest BCUT2D eigenvalue weighted by Crippen LogP contribution is -2.65. The zero-order valence-electron chi connectivity index (χ0n) is 23.9. The maximum atomic E-state index is 10.7. The van der Waals surface area contributed by atoms with Crippen molar-refractivity contribution in [1.29, 1.82) is 0 Å². The number of hydrogen-bond acceptors (Lipinski definition) is 11. The minimum absolute atomic E-state index is 0.148. The first kappa shape index (κ1) is 31.9. The fourth-order valence-electron chi connectivity index (χ4n) is 5.27. The lowest BCUT2D eigenvalue weighted by atomic mass is 9.96. The average molecular weight is 579 g/mol. The molecule has 11 nitrogen and oxygen atoms in total. The molecule has 2 aliphatic rings. The van der Waals surface area contributed by atoms with Gasteiger partial charge >= 0.3 is 0 Å². The molecule has 2 N–H and O–H groups in total. The van der Waals surface area contributed by atoms with Gasteiger partial charge in [0.1, 0.15) is 48.8 Å². The number of benzene rings is 2. The molecule has 5 unspecified atom stereocenters. The van der Waals surface area contributed by atoms with Crippen molar-refractivity contribution in [2.24, 2.45) is 0 Å². The third-order valence-corrected chi connectivity index (χ3v) is 7.41. The van der Waals surface area contributed by atoms with Crippen LogP contribution in [-0.4, -0.2) is 113 Å². The van der Waals surface area contributed by atoms with Crippen LogP contribution in [0.2, 0.25) is 0 Å². The molecule has 0 aliphatic carbocycles. The van der Waals surface area contributed by atoms with Crippen molar-refractivity contribution in [3.8, 4) is 0 Å². The number of ether oxygens (including phenoxy) is 9. The maximum Gasteiger partial charge on any atom is 0.187 e. The molecule has 0 bridgehead atoms. The van der Waals surface area contributed by atoms with E-state index in [2.05, 4.69) is 0 Å². The molecule has 10 atom stereocenters. The molecule has 4 rings (SSSR count). The van der Waals surface area contributed by atoms with Crippen LogP contribution in [0.25, 0.3) is 0 Å². The molecule has 0 saturated carbocycles. The Morgan fingerprint density at radius 3 is 1.78 bits per heavy atom. The van der Waals surface area contributed by atoms with Gasteiger partial charge in [-0.2, -0.15) is 0 Å². The van der Waals surface area contributed by atoms with Gasteiger partial charge in [0.15, 0.2) is 12.6 Å². The molecule has 228 valence electrons. The van der Waals surface area contributed by atoms with Gasteiger partial charge in [-0.15, -0.1) is 0 Å². The third kappa shape index (κ3) is 7.89. The van der Waals surface area contributed by atoms with E-state index in [9.17, 15) is 10.2 Å². The number of rotatable bonds is 14. The van der Waals surface area contributed by atoms with Crippen molar-refractivity contribution in [3.05, 3.63) is 71.8 Å². The van der Waals surface area contributed by atoms with Crippen LogP contribution >= 0.6 is 0 Å². The van der Waals surface area contributed by atoms with Crippen molar-refractivity contribution >= 4 is 0 Å². The van der Waals surface area contributed by atoms with Crippen molar-refractivity contribution in [2.75, 3.05) is 41.7 Å². The van der Waals surface area contributed by atoms with E-state index in [0.29, 0.717) is 13.2 Å². The van der Waals surface area contributed by atoms with Crippen LogP contribution in [0.15, 0.2) is 60.7 Å². The summed E-state index contributed by atoms with van der Waals surface area (Å²) in [5.74, 6) is 0. The number of methoxy groups -OCH3 is 4. The average Bonchev–Trinajstić information content (AvgIpc) is 3.01. The van der Waals surface area contributed by atoms with Gasteiger partial charge in [-0.1, -0.05) is 60.7 Å². The van der Waals surface area contributed by atoms with E-state index in [-0.39, 0.29) is 6.61 Å². The predicted octanol–water partition coefficient (Wildman–Crippen LogP) is 1.67. The molecule has 0 spiro atoms. The second kappa shape index (κ2) is 16.0. The van der Waals surface area contributed by atoms with Crippen LogP contribution < -0.4 is 0 Å². The first-order valence-electron chi connectivity index (χ1n) is 13.7. The van der Waals surface area contributed by atoms with Crippen molar-refractivity contribution in [2.45, 2.75) is 74.6 Å². The van der Waals surface area contributed by atoms with Crippen LogP contribution in [0, 0.1) is 0 Å². The van der Waals surface area contributed by atoms with Crippen LogP contribution in [0.1, 0.15) is 11.1 Å². The third-order valence-electron chi connectivity index (χ3n) is 7.41. The zero-order chi connectivity index (χ0) is 29.2. The largest absolute Gasteiger partial charge is 0.394 e. The Labute approximate surface area is 241 Å². The predicted molar refractivity (Wildman–Crippen MR) is 146 cm³/mol. The highest BCUT2D eigenvalue weighted by atomic mass is 16.8. The van der Waals surface area contributed by atoms with Gasteiger partial charge in [-0.05, 0) is 11.1 Å². The molecule has 0 amide bonds. The summed E-state index contributed by atoms with van der Waals surface area (Å²) in [6.45, 7) is 0.364. The lowest BCUT2D eigenvalue weighted by molar-refractivity contribution is -0.366. The summed E-state index contributed by atoms with van der Waals surface area (Å²) in [5, 5.41) is 20.5. The van der Waals surface area contributed by atoms with Crippen molar-refractivity contribution < 1.29 is 52.8 Å². The van der Waals surface area contributed by atoms with E-state index < -0.39 is 68.0 Å². The van der Waals surface area contributed by atoms with E-state index in [1.54, 1.807) is 14.2 Å². The molecular weight excluding hydrogens is 536 g/mol. The quantitative estimate of drug-likeness (QED) is 0.340. The molecule has 2 saturated heterocycles. The summed E-state index contributed by atoms with van der Waals surface area (Å²) in [4.78, 5) is 0. The zero-order valence-corrected chi connectivity index (χ0v) is 23.9. The summed E-state index contributed by atoms with van der Waals surface area (Å²) in [6, 6.07) is 19.5. The summed E-state index contributed by atoms with van der Waals surface area (Å²) in [6.07, 6.45) is -8.32. The Hall–Kier alpha value is -2.00. The van der Waals surface area contributed by atoms with Gasteiger partial charge < -0.3 is 52.8 Å². The molecule has 0 aromatic heterocycles. The Morgan fingerprint density at radius 1 is 0.634 bits per heavy atom. The minimum Gasteiger partial charge on any atom is -0.394 e. The Kier molecular flexibility index (Phi) is 12.5. The minimum atomic E-state index is -1.12. The highest BCUT2D eigenvalue weighted by Gasteiger charge is 2.53. The number of aliphatic hydroxyl groups is 2. The molecule has 2 fully saturated rings. The fraction of sp³-hybridized carbons (Fsp3) is 0.600. The van der Waals surface area contributed by atoms with E-state index in [4.69, 9.17) is 42.6 Å². The lowest BCUT2D eigenvalue weighted by Gasteiger charge is -2.48. The first-order chi connectivity index (χ1) is 20.0. The molecule has 41 heavy (non-hydrogen) atoms. The van der Waals surface area contributed by atoms with Gasteiger partial charge in [0.2, 0.25) is 0 Å². The Balaban J connectivity index is 1.58. The van der Waals surface area contributed by atoms with E-state index in [1.165, 1.54) is 14.2 Å². The van der Waals surface area contributed by atoms with E-state index in [0.717, 1.165) is 11.1 Å². The number of aliphatic hydroxyl groups excluding tert-OH is 2. The SMILES string of the molecule is COC1C(OCc2ccccc2)[C@@H](OC)OC(COCc2ccccc2)[C@H]1O[C@@H]1OC(CO)[C@@H](O)[C@@H](OC)C1OC. The Bertz CT molecular complexity index is 996. The summed E-state index contributed by atoms with van der Waals surface area (Å²) in [5.41, 5.74) is 1.98. The van der Waals surface area contributed by atoms with Gasteiger partial charge in [0.05, 0.1) is 26.4 Å². The van der Waals surface area contributed by atoms with Crippen LogP contribution in [0.4, 0.5) is 0 Å². The summed E-state index contributed by atoms with van der Waals surface area (Å²) >= 11 is 0. The van der Waals surface area contributed by atoms with Crippen molar-refractivity contribution in [3.63, 3.8) is 0 Å². The number of hydrogen-bond donors (Lipinski definition) is 2. The topological polar surface area (TPSA) is 124 Å². The van der Waals surface area contributed by atoms with Crippen LogP contribution in [0.3, 0.4) is 0 Å². The van der Waals surface area contributed by atoms with Gasteiger partial charge in [0, 0.05) is 28.4 Å². The van der Waals surface area contributed by atoms with E-state index in [1.807, 2.05) is 60.7 Å². The smallest absolute Gasteiger partial charge is 0.187 e. The molecule has 0 radical (unpaired) electrons. The second-order valence-electron chi connectivity index (χ2n) is 9.96. The fourth-order valence-corrected chi connectivity index (χ4v) is 5.27. The Morgan fingerprint density at radius 2 is 1.22 bits per heavy atom. The second-order valence-corrected chi connectivity index (χ2v) is 9.96. The van der Waals surface area contributed by atoms with Crippen molar-refractivity contribution in [1.82, 2.24) is 0 Å². The molecule has 2 aromatic carbocycles. The standard InChI is InChI=1S/C30H42O11/c1-33-25-23(32)21(15-31)39-30(27(25)35-3)41-24-22(18-37-16-19-11-7-5-8-12-19)40-29(36-4)28(26(24)34-2)38-17-20-13-9-6-10-14-20/h5-14,21-32H,15-18H2,1-4H3/t21?,22?,23-,24-,25-,26?,27?,28?,29+,30+/m1/s1. The maximum absolute atomic E-state index is 10.7. The highest BCUT2D eigenvalue weighted by molar-refractivity contribution is 5.14. The summed E-state index contributed by atoms with van der Waals surface area (Å²) in [7, 11) is 6.03. The van der Waals surface area contributed by atoms with Crippen LogP contribution in [-0.2, 0) is 55.8 Å².